The van der Waals surface area contributed by atoms with Gasteiger partial charge in [0.05, 0.1) is 11.7 Å². The van der Waals surface area contributed by atoms with Gasteiger partial charge in [-0.25, -0.2) is 4.79 Å². The molecule has 9 heteroatoms. The lowest BCUT2D eigenvalue weighted by molar-refractivity contribution is -0.139. The Morgan fingerprint density at radius 2 is 1.56 bits per heavy atom. The van der Waals surface area contributed by atoms with Crippen LogP contribution < -0.4 is 21.1 Å². The third-order valence-corrected chi connectivity index (χ3v) is 8.33. The number of aryl methyl sites for hydroxylation is 1. The second-order valence-electron chi connectivity index (χ2n) is 11.7. The molecule has 6 rings (SSSR count). The minimum Gasteiger partial charge on any atom is -0.487 e. The summed E-state index contributed by atoms with van der Waals surface area (Å²) in [7, 11) is 0. The van der Waals surface area contributed by atoms with Crippen molar-refractivity contribution in [2.45, 2.75) is 38.0 Å². The topological polar surface area (TPSA) is 147 Å². The molecule has 2 amide bonds. The van der Waals surface area contributed by atoms with Gasteiger partial charge >= 0.3 is 5.97 Å². The molecule has 48 heavy (non-hydrogen) atoms. The summed E-state index contributed by atoms with van der Waals surface area (Å²) in [5.74, 6) is -1.86. The van der Waals surface area contributed by atoms with Crippen molar-refractivity contribution in [3.63, 3.8) is 0 Å². The number of fused-ring (bicyclic) bond motifs is 2. The van der Waals surface area contributed by atoms with Gasteiger partial charge in [0, 0.05) is 22.7 Å². The molecule has 1 aromatic heterocycles. The fourth-order valence-corrected chi connectivity index (χ4v) is 5.69. The molecule has 2 atom stereocenters. The Labute approximate surface area is 277 Å². The summed E-state index contributed by atoms with van der Waals surface area (Å²) in [5.41, 5.74) is 10.6. The van der Waals surface area contributed by atoms with Crippen LogP contribution >= 0.6 is 0 Å². The number of aliphatic carboxylic acids is 1. The van der Waals surface area contributed by atoms with Gasteiger partial charge in [-0.1, -0.05) is 84.9 Å². The van der Waals surface area contributed by atoms with Crippen molar-refractivity contribution in [3.05, 3.63) is 144 Å². The predicted octanol–water partition coefficient (Wildman–Crippen LogP) is 6.22. The molecule has 0 saturated heterocycles. The number of carbonyl (C=O) groups is 3. The van der Waals surface area contributed by atoms with Crippen LogP contribution in [0.1, 0.15) is 33.5 Å². The third-order valence-electron chi connectivity index (χ3n) is 8.33. The van der Waals surface area contributed by atoms with Crippen molar-refractivity contribution >= 4 is 45.1 Å². The maximum absolute atomic E-state index is 13.3. The van der Waals surface area contributed by atoms with E-state index in [1.807, 2.05) is 103 Å². The highest BCUT2D eigenvalue weighted by atomic mass is 16.5. The largest absolute Gasteiger partial charge is 0.487 e. The second-order valence-corrected chi connectivity index (χ2v) is 11.7. The van der Waals surface area contributed by atoms with Crippen molar-refractivity contribution in [1.82, 2.24) is 10.3 Å². The Morgan fingerprint density at radius 1 is 0.812 bits per heavy atom. The number of anilines is 1. The molecule has 6 aromatic rings. The lowest BCUT2D eigenvalue weighted by Crippen LogP contribution is -2.41. The fraction of sp³-hybridized carbons (Fsp3) is 0.154. The van der Waals surface area contributed by atoms with Gasteiger partial charge < -0.3 is 31.2 Å². The lowest BCUT2D eigenvalue weighted by atomic mass is 10.0. The molecule has 0 spiro atoms. The number of aromatic nitrogens is 1. The average Bonchev–Trinajstić information content (AvgIpc) is 3.52. The first-order valence-electron chi connectivity index (χ1n) is 15.8. The number of carboxylic acid groups (broad SMARTS) is 1. The number of hydrogen-bond donors (Lipinski definition) is 5. The number of nitrogens with two attached hydrogens (primary N) is 1. The molecule has 0 unspecified atom stereocenters. The van der Waals surface area contributed by atoms with Gasteiger partial charge in [-0.2, -0.15) is 0 Å². The number of rotatable bonds is 13. The zero-order valence-corrected chi connectivity index (χ0v) is 26.2. The van der Waals surface area contributed by atoms with Gasteiger partial charge in [-0.05, 0) is 77.1 Å². The standard InChI is InChI=1S/C39H36N4O5/c40-32(21-30-23-41-33-13-7-6-12-31(30)33)38(45)42-34-19-17-29(37(44)43-35(39(46)47)18-15-25-8-2-1-3-9-25)22-36(34)48-24-26-14-16-27-10-4-5-11-28(27)20-26/h1-14,16-17,19-20,22-23,32,35,41H,15,18,21,24,40H2,(H,42,45)(H,43,44)(H,46,47)/t32-,35-/m0/s1. The van der Waals surface area contributed by atoms with Crippen LogP contribution in [0.4, 0.5) is 5.69 Å². The Hall–Kier alpha value is -5.93. The van der Waals surface area contributed by atoms with E-state index in [9.17, 15) is 19.5 Å². The molecule has 6 N–H and O–H groups in total. The Kier molecular flexibility index (Phi) is 9.78. The van der Waals surface area contributed by atoms with E-state index in [0.29, 0.717) is 18.5 Å². The first-order valence-corrected chi connectivity index (χ1v) is 15.8. The summed E-state index contributed by atoms with van der Waals surface area (Å²) in [6.45, 7) is 0.162. The molecule has 0 fully saturated rings. The van der Waals surface area contributed by atoms with Crippen molar-refractivity contribution in [1.29, 1.82) is 0 Å². The van der Waals surface area contributed by atoms with E-state index >= 15 is 0 Å². The van der Waals surface area contributed by atoms with Crippen LogP contribution in [-0.2, 0) is 29.0 Å². The zero-order chi connectivity index (χ0) is 33.5. The molecule has 0 aliphatic rings. The molecular formula is C39H36N4O5. The van der Waals surface area contributed by atoms with Gasteiger partial charge in [-0.3, -0.25) is 9.59 Å². The minimum absolute atomic E-state index is 0.162. The summed E-state index contributed by atoms with van der Waals surface area (Å²) in [6.07, 6.45) is 2.87. The Morgan fingerprint density at radius 3 is 2.38 bits per heavy atom. The van der Waals surface area contributed by atoms with Crippen molar-refractivity contribution in [3.8, 4) is 5.75 Å². The lowest BCUT2D eigenvalue weighted by Gasteiger charge is -2.18. The Bertz CT molecular complexity index is 2070. The van der Waals surface area contributed by atoms with Crippen LogP contribution in [0.25, 0.3) is 21.7 Å². The highest BCUT2D eigenvalue weighted by molar-refractivity contribution is 6.00. The molecular weight excluding hydrogens is 604 g/mol. The van der Waals surface area contributed by atoms with Gasteiger partial charge in [-0.15, -0.1) is 0 Å². The summed E-state index contributed by atoms with van der Waals surface area (Å²) < 4.78 is 6.21. The van der Waals surface area contributed by atoms with E-state index in [2.05, 4.69) is 15.6 Å². The summed E-state index contributed by atoms with van der Waals surface area (Å²) in [5, 5.41) is 18.5. The van der Waals surface area contributed by atoms with Crippen LogP contribution in [-0.4, -0.2) is 40.0 Å². The average molecular weight is 641 g/mol. The molecule has 242 valence electrons. The highest BCUT2D eigenvalue weighted by Gasteiger charge is 2.23. The van der Waals surface area contributed by atoms with Crippen molar-refractivity contribution in [2.75, 3.05) is 5.32 Å². The van der Waals surface area contributed by atoms with Crippen LogP contribution in [0.2, 0.25) is 0 Å². The van der Waals surface area contributed by atoms with Crippen LogP contribution in [0.5, 0.6) is 5.75 Å². The fourth-order valence-electron chi connectivity index (χ4n) is 5.69. The maximum Gasteiger partial charge on any atom is 0.326 e. The van der Waals surface area contributed by atoms with E-state index in [0.717, 1.165) is 38.4 Å². The first-order chi connectivity index (χ1) is 23.3. The predicted molar refractivity (Wildman–Crippen MR) is 187 cm³/mol. The van der Waals surface area contributed by atoms with Crippen LogP contribution in [0, 0.1) is 0 Å². The molecule has 1 heterocycles. The molecule has 5 aromatic carbocycles. The van der Waals surface area contributed by atoms with Gasteiger partial charge in [0.2, 0.25) is 5.91 Å². The van der Waals surface area contributed by atoms with E-state index in [1.54, 1.807) is 6.07 Å². The van der Waals surface area contributed by atoms with E-state index < -0.39 is 29.9 Å². The molecule has 0 bridgehead atoms. The van der Waals surface area contributed by atoms with E-state index in [1.165, 1.54) is 12.1 Å². The number of H-pyrrole nitrogens is 1. The third kappa shape index (κ3) is 7.71. The summed E-state index contributed by atoms with van der Waals surface area (Å²) in [6, 6.07) is 33.9. The maximum atomic E-state index is 13.3. The van der Waals surface area contributed by atoms with Gasteiger partial charge in [0.25, 0.3) is 5.91 Å². The number of carbonyl (C=O) groups excluding carboxylic acids is 2. The monoisotopic (exact) mass is 640 g/mol. The smallest absolute Gasteiger partial charge is 0.326 e. The SMILES string of the molecule is N[C@@H](Cc1c[nH]c2ccccc12)C(=O)Nc1ccc(C(=O)N[C@@H](CCc2ccccc2)C(=O)O)cc1OCc1ccc2ccccc2c1. The number of amides is 2. The second kappa shape index (κ2) is 14.7. The summed E-state index contributed by atoms with van der Waals surface area (Å²) in [4.78, 5) is 41.9. The Balaban J connectivity index is 1.20. The van der Waals surface area contributed by atoms with E-state index in [-0.39, 0.29) is 24.3 Å². The number of benzene rings is 5. The zero-order valence-electron chi connectivity index (χ0n) is 26.2. The van der Waals surface area contributed by atoms with E-state index in [4.69, 9.17) is 10.5 Å². The summed E-state index contributed by atoms with van der Waals surface area (Å²) >= 11 is 0. The molecule has 0 saturated carbocycles. The molecule has 0 radical (unpaired) electrons. The van der Waals surface area contributed by atoms with Crippen molar-refractivity contribution in [2.24, 2.45) is 5.73 Å². The number of nitrogens with one attached hydrogen (secondary N) is 3. The highest BCUT2D eigenvalue weighted by Crippen LogP contribution is 2.28. The first kappa shape index (κ1) is 32.0. The van der Waals surface area contributed by atoms with Gasteiger partial charge in [0.1, 0.15) is 18.4 Å². The number of ether oxygens (including phenoxy) is 1. The van der Waals surface area contributed by atoms with Crippen molar-refractivity contribution < 1.29 is 24.2 Å². The number of para-hydroxylation sites is 1. The number of aromatic amines is 1. The number of hydrogen-bond acceptors (Lipinski definition) is 5. The quantitative estimate of drug-likeness (QED) is 0.101. The molecule has 9 nitrogen and oxygen atoms in total. The van der Waals surface area contributed by atoms with Crippen LogP contribution in [0.15, 0.2) is 121 Å². The minimum atomic E-state index is -1.12. The molecule has 0 aliphatic heterocycles. The normalized spacial score (nSPS) is 12.4. The van der Waals surface area contributed by atoms with Gasteiger partial charge in [0.15, 0.2) is 0 Å². The molecule has 0 aliphatic carbocycles. The number of carboxylic acids is 1. The van der Waals surface area contributed by atoms with Crippen LogP contribution in [0.3, 0.4) is 0 Å².